The van der Waals surface area contributed by atoms with E-state index in [-0.39, 0.29) is 23.5 Å². The van der Waals surface area contributed by atoms with Crippen LogP contribution in [0.2, 0.25) is 10.0 Å². The Bertz CT molecular complexity index is 780. The maximum atomic E-state index is 12.4. The molecular formula is C15H12Cl2N2O4. The lowest BCUT2D eigenvalue weighted by Gasteiger charge is -2.18. The Morgan fingerprint density at radius 2 is 1.96 bits per heavy atom. The summed E-state index contributed by atoms with van der Waals surface area (Å²) in [5.74, 6) is -0.677. The van der Waals surface area contributed by atoms with E-state index in [9.17, 15) is 20.0 Å². The molecule has 0 unspecified atom stereocenters. The van der Waals surface area contributed by atoms with Gasteiger partial charge in [0.15, 0.2) is 0 Å². The van der Waals surface area contributed by atoms with Gasteiger partial charge in [-0.15, -0.1) is 0 Å². The van der Waals surface area contributed by atoms with Crippen molar-refractivity contribution in [1.82, 2.24) is 4.90 Å². The highest BCUT2D eigenvalue weighted by Crippen LogP contribution is 2.26. The van der Waals surface area contributed by atoms with Gasteiger partial charge in [0.2, 0.25) is 0 Å². The number of hydrogen-bond acceptors (Lipinski definition) is 4. The molecule has 120 valence electrons. The van der Waals surface area contributed by atoms with Gasteiger partial charge in [0.05, 0.1) is 10.5 Å². The number of rotatable bonds is 4. The normalized spacial score (nSPS) is 10.4. The summed E-state index contributed by atoms with van der Waals surface area (Å²) >= 11 is 11.8. The molecule has 0 spiro atoms. The van der Waals surface area contributed by atoms with Crippen molar-refractivity contribution in [3.63, 3.8) is 0 Å². The number of amides is 1. The molecule has 0 saturated carbocycles. The summed E-state index contributed by atoms with van der Waals surface area (Å²) in [6.07, 6.45) is 0. The van der Waals surface area contributed by atoms with Gasteiger partial charge in [-0.1, -0.05) is 23.2 Å². The van der Waals surface area contributed by atoms with Crippen molar-refractivity contribution in [2.45, 2.75) is 6.54 Å². The number of benzene rings is 2. The molecule has 6 nitrogen and oxygen atoms in total. The van der Waals surface area contributed by atoms with Gasteiger partial charge in [-0.3, -0.25) is 14.9 Å². The van der Waals surface area contributed by atoms with E-state index in [0.29, 0.717) is 15.6 Å². The Hall–Kier alpha value is -2.31. The van der Waals surface area contributed by atoms with Gasteiger partial charge in [0.25, 0.3) is 11.6 Å². The van der Waals surface area contributed by atoms with E-state index in [1.165, 1.54) is 48.3 Å². The van der Waals surface area contributed by atoms with Crippen molar-refractivity contribution in [3.8, 4) is 5.75 Å². The first-order valence-corrected chi connectivity index (χ1v) is 7.22. The lowest BCUT2D eigenvalue weighted by molar-refractivity contribution is -0.384. The van der Waals surface area contributed by atoms with Gasteiger partial charge < -0.3 is 10.0 Å². The number of hydrogen-bond donors (Lipinski definition) is 1. The Balaban J connectivity index is 2.26. The van der Waals surface area contributed by atoms with E-state index >= 15 is 0 Å². The third-order valence-corrected chi connectivity index (χ3v) is 3.79. The number of nitro benzene ring substituents is 1. The summed E-state index contributed by atoms with van der Waals surface area (Å²) in [5, 5.41) is 21.2. The van der Waals surface area contributed by atoms with E-state index in [1.807, 2.05) is 0 Å². The summed E-state index contributed by atoms with van der Waals surface area (Å²) in [6.45, 7) is 0.0469. The molecule has 0 fully saturated rings. The fourth-order valence-electron chi connectivity index (χ4n) is 2.01. The summed E-state index contributed by atoms with van der Waals surface area (Å²) in [4.78, 5) is 24.0. The summed E-state index contributed by atoms with van der Waals surface area (Å²) in [7, 11) is 1.50. The van der Waals surface area contributed by atoms with Gasteiger partial charge in [-0.05, 0) is 29.8 Å². The fourth-order valence-corrected chi connectivity index (χ4v) is 2.36. The number of aromatic hydroxyl groups is 1. The zero-order chi connectivity index (χ0) is 17.1. The van der Waals surface area contributed by atoms with Crippen molar-refractivity contribution in [3.05, 3.63) is 67.7 Å². The standard InChI is InChI=1S/C15H12Cl2N2O4/c1-18(15(21)12-7-10(16)2-5-14(12)20)8-9-6-11(19(22)23)3-4-13(9)17/h2-7,20H,8H2,1H3. The number of carbonyl (C=O) groups is 1. The number of phenolic OH excluding ortho intramolecular Hbond substituents is 1. The molecule has 8 heteroatoms. The molecule has 2 aromatic rings. The van der Waals surface area contributed by atoms with Crippen LogP contribution < -0.4 is 0 Å². The lowest BCUT2D eigenvalue weighted by Crippen LogP contribution is -2.26. The molecule has 0 aliphatic carbocycles. The number of carbonyl (C=O) groups excluding carboxylic acids is 1. The van der Waals surface area contributed by atoms with Crippen molar-refractivity contribution < 1.29 is 14.8 Å². The largest absolute Gasteiger partial charge is 0.507 e. The topological polar surface area (TPSA) is 83.7 Å². The zero-order valence-corrected chi connectivity index (χ0v) is 13.5. The number of phenols is 1. The van der Waals surface area contributed by atoms with Crippen LogP contribution in [0, 0.1) is 10.1 Å². The van der Waals surface area contributed by atoms with E-state index in [1.54, 1.807) is 0 Å². The molecule has 2 aromatic carbocycles. The van der Waals surface area contributed by atoms with Crippen LogP contribution in [0.3, 0.4) is 0 Å². The Morgan fingerprint density at radius 3 is 2.61 bits per heavy atom. The van der Waals surface area contributed by atoms with Crippen LogP contribution in [-0.4, -0.2) is 27.9 Å². The quantitative estimate of drug-likeness (QED) is 0.666. The molecule has 0 aromatic heterocycles. The van der Waals surface area contributed by atoms with Gasteiger partial charge in [0, 0.05) is 35.8 Å². The van der Waals surface area contributed by atoms with Crippen molar-refractivity contribution in [1.29, 1.82) is 0 Å². The first-order chi connectivity index (χ1) is 10.8. The average molecular weight is 355 g/mol. The molecule has 23 heavy (non-hydrogen) atoms. The average Bonchev–Trinajstić information content (AvgIpc) is 2.50. The highest BCUT2D eigenvalue weighted by Gasteiger charge is 2.18. The number of nitro groups is 1. The maximum absolute atomic E-state index is 12.4. The van der Waals surface area contributed by atoms with Crippen molar-refractivity contribution in [2.24, 2.45) is 0 Å². The Labute approximate surface area is 142 Å². The first-order valence-electron chi connectivity index (χ1n) is 6.46. The molecule has 2 rings (SSSR count). The van der Waals surface area contributed by atoms with Crippen LogP contribution in [0.15, 0.2) is 36.4 Å². The third-order valence-electron chi connectivity index (χ3n) is 3.18. The zero-order valence-electron chi connectivity index (χ0n) is 12.0. The van der Waals surface area contributed by atoms with E-state index in [0.717, 1.165) is 0 Å². The minimum Gasteiger partial charge on any atom is -0.507 e. The lowest BCUT2D eigenvalue weighted by atomic mass is 10.1. The summed E-state index contributed by atoms with van der Waals surface area (Å²) in [5.41, 5.74) is 0.357. The minimum atomic E-state index is -0.537. The molecule has 0 atom stereocenters. The molecule has 1 N–H and O–H groups in total. The monoisotopic (exact) mass is 354 g/mol. The highest BCUT2D eigenvalue weighted by molar-refractivity contribution is 6.31. The van der Waals surface area contributed by atoms with Crippen LogP contribution in [0.5, 0.6) is 5.75 Å². The van der Waals surface area contributed by atoms with Crippen LogP contribution in [0.4, 0.5) is 5.69 Å². The second-order valence-electron chi connectivity index (χ2n) is 4.86. The predicted molar refractivity (Wildman–Crippen MR) is 87.0 cm³/mol. The predicted octanol–water partition coefficient (Wildman–Crippen LogP) is 3.88. The first kappa shape index (κ1) is 17.1. The molecule has 0 aliphatic rings. The minimum absolute atomic E-state index is 0.0431. The van der Waals surface area contributed by atoms with Crippen molar-refractivity contribution >= 4 is 34.8 Å². The fraction of sp³-hybridized carbons (Fsp3) is 0.133. The third kappa shape index (κ3) is 3.91. The molecule has 0 aliphatic heterocycles. The van der Waals surface area contributed by atoms with E-state index < -0.39 is 10.8 Å². The van der Waals surface area contributed by atoms with Crippen LogP contribution in [-0.2, 0) is 6.54 Å². The number of nitrogens with zero attached hydrogens (tertiary/aromatic N) is 2. The number of non-ortho nitro benzene ring substituents is 1. The Morgan fingerprint density at radius 1 is 1.26 bits per heavy atom. The Kier molecular flexibility index (Phi) is 5.08. The molecule has 1 amide bonds. The smallest absolute Gasteiger partial charge is 0.269 e. The van der Waals surface area contributed by atoms with Gasteiger partial charge in [0.1, 0.15) is 5.75 Å². The van der Waals surface area contributed by atoms with Crippen molar-refractivity contribution in [2.75, 3.05) is 7.05 Å². The van der Waals surface area contributed by atoms with Crippen LogP contribution >= 0.6 is 23.2 Å². The van der Waals surface area contributed by atoms with Gasteiger partial charge in [-0.2, -0.15) is 0 Å². The summed E-state index contributed by atoms with van der Waals surface area (Å²) in [6, 6.07) is 8.14. The van der Waals surface area contributed by atoms with Gasteiger partial charge >= 0.3 is 0 Å². The van der Waals surface area contributed by atoms with Crippen LogP contribution in [0.25, 0.3) is 0 Å². The van der Waals surface area contributed by atoms with Gasteiger partial charge in [-0.25, -0.2) is 0 Å². The number of halogens is 2. The SMILES string of the molecule is CN(Cc1cc([N+](=O)[O-])ccc1Cl)C(=O)c1cc(Cl)ccc1O. The summed E-state index contributed by atoms with van der Waals surface area (Å²) < 4.78 is 0. The van der Waals surface area contributed by atoms with E-state index in [4.69, 9.17) is 23.2 Å². The maximum Gasteiger partial charge on any atom is 0.269 e. The second-order valence-corrected chi connectivity index (χ2v) is 5.70. The molecular weight excluding hydrogens is 343 g/mol. The molecule has 0 saturated heterocycles. The van der Waals surface area contributed by atoms with Crippen LogP contribution in [0.1, 0.15) is 15.9 Å². The molecule has 0 radical (unpaired) electrons. The van der Waals surface area contributed by atoms with E-state index in [2.05, 4.69) is 0 Å². The molecule has 0 bridgehead atoms. The second kappa shape index (κ2) is 6.85. The molecule has 0 heterocycles. The highest BCUT2D eigenvalue weighted by atomic mass is 35.5.